The molecule has 5 N–H and O–H groups in total. The number of anilines is 1. The molecule has 2 aromatic carbocycles. The molecule has 11 nitrogen and oxygen atoms in total. The SMILES string of the molecule is CC(C)N(C(=O)O)[C@@H]1CC[C@@H](c2ncc(-c3ccc(NC(=O)NCc4ccccc4)cc3S(=O)(=O)NC(C)(C)C)s2)NC1. The van der Waals surface area contributed by atoms with Crippen LogP contribution in [-0.2, 0) is 16.6 Å². The van der Waals surface area contributed by atoms with E-state index in [1.807, 2.05) is 44.2 Å². The predicted octanol–water partition coefficient (Wildman–Crippen LogP) is 5.39. The van der Waals surface area contributed by atoms with E-state index in [0.717, 1.165) is 10.6 Å². The van der Waals surface area contributed by atoms with Crippen molar-refractivity contribution in [1.82, 2.24) is 25.2 Å². The summed E-state index contributed by atoms with van der Waals surface area (Å²) >= 11 is 1.39. The minimum Gasteiger partial charge on any atom is -0.465 e. The Morgan fingerprint density at radius 2 is 1.86 bits per heavy atom. The lowest BCUT2D eigenvalue weighted by molar-refractivity contribution is 0.0925. The topological polar surface area (TPSA) is 153 Å². The van der Waals surface area contributed by atoms with Gasteiger partial charge in [0.1, 0.15) is 5.01 Å². The number of carboxylic acid groups (broad SMARTS) is 1. The van der Waals surface area contributed by atoms with Gasteiger partial charge in [-0.3, -0.25) is 0 Å². The lowest BCUT2D eigenvalue weighted by Crippen LogP contribution is -2.51. The maximum Gasteiger partial charge on any atom is 0.407 e. The maximum atomic E-state index is 13.6. The minimum atomic E-state index is -3.98. The van der Waals surface area contributed by atoms with Gasteiger partial charge in [-0.1, -0.05) is 36.4 Å². The van der Waals surface area contributed by atoms with Crippen molar-refractivity contribution < 1.29 is 23.1 Å². The van der Waals surface area contributed by atoms with Crippen molar-refractivity contribution >= 4 is 39.2 Å². The Balaban J connectivity index is 1.55. The number of amides is 3. The summed E-state index contributed by atoms with van der Waals surface area (Å²) in [6.07, 6.45) is 2.13. The number of aromatic nitrogens is 1. The van der Waals surface area contributed by atoms with E-state index in [1.165, 1.54) is 22.3 Å². The van der Waals surface area contributed by atoms with Crippen molar-refractivity contribution in [2.45, 2.75) is 82.6 Å². The summed E-state index contributed by atoms with van der Waals surface area (Å²) in [5.41, 5.74) is 1.02. The van der Waals surface area contributed by atoms with Crippen LogP contribution >= 0.6 is 11.3 Å². The highest BCUT2D eigenvalue weighted by Crippen LogP contribution is 2.37. The zero-order valence-electron chi connectivity index (χ0n) is 25.0. The number of nitrogens with one attached hydrogen (secondary N) is 4. The predicted molar refractivity (Wildman–Crippen MR) is 169 cm³/mol. The molecule has 0 saturated carbocycles. The van der Waals surface area contributed by atoms with Crippen LogP contribution in [0.4, 0.5) is 15.3 Å². The third-order valence-electron chi connectivity index (χ3n) is 6.91. The zero-order valence-corrected chi connectivity index (χ0v) is 26.7. The number of thiazole rings is 1. The van der Waals surface area contributed by atoms with Gasteiger partial charge in [0, 0.05) is 48.2 Å². The van der Waals surface area contributed by atoms with Gasteiger partial charge in [-0.25, -0.2) is 27.7 Å². The van der Waals surface area contributed by atoms with Crippen LogP contribution in [0.15, 0.2) is 59.6 Å². The van der Waals surface area contributed by atoms with Crippen molar-refractivity contribution in [3.63, 3.8) is 0 Å². The summed E-state index contributed by atoms with van der Waals surface area (Å²) in [5, 5.41) is 19.4. The molecule has 1 aliphatic heterocycles. The van der Waals surface area contributed by atoms with Crippen LogP contribution in [0.25, 0.3) is 10.4 Å². The Morgan fingerprint density at radius 1 is 1.14 bits per heavy atom. The summed E-state index contributed by atoms with van der Waals surface area (Å²) < 4.78 is 29.9. The van der Waals surface area contributed by atoms with E-state index in [-0.39, 0.29) is 23.0 Å². The fourth-order valence-corrected chi connectivity index (χ4v) is 7.90. The average molecular weight is 629 g/mol. The van der Waals surface area contributed by atoms with Gasteiger partial charge < -0.3 is 26.0 Å². The number of benzene rings is 2. The molecule has 3 aromatic rings. The standard InChI is InChI=1S/C30H40N6O5S2/c1-19(2)36(29(38)39)22-12-14-24(31-17-22)27-32-18-25(42-27)23-13-11-21(15-26(23)43(40,41)35-30(3,4)5)34-28(37)33-16-20-9-7-6-8-10-20/h6-11,13,15,18-19,22,24,31,35H,12,14,16-17H2,1-5H3,(H,38,39)(H2,33,34,37)/t22-,24+/m1/s1. The number of sulfonamides is 1. The lowest BCUT2D eigenvalue weighted by Gasteiger charge is -2.37. The van der Waals surface area contributed by atoms with E-state index in [1.54, 1.807) is 39.1 Å². The molecular weight excluding hydrogens is 589 g/mol. The summed E-state index contributed by atoms with van der Waals surface area (Å²) in [6.45, 7) is 9.86. The summed E-state index contributed by atoms with van der Waals surface area (Å²) in [7, 11) is -3.98. The maximum absolute atomic E-state index is 13.6. The number of rotatable bonds is 9. The molecule has 2 atom stereocenters. The normalized spacial score (nSPS) is 17.4. The van der Waals surface area contributed by atoms with Crippen molar-refractivity contribution in [1.29, 1.82) is 0 Å². The Bertz CT molecular complexity index is 1530. The second-order valence-corrected chi connectivity index (χ2v) is 14.6. The lowest BCUT2D eigenvalue weighted by atomic mass is 9.99. The summed E-state index contributed by atoms with van der Waals surface area (Å²) in [4.78, 5) is 31.1. The van der Waals surface area contributed by atoms with Gasteiger partial charge in [0.2, 0.25) is 10.0 Å². The Morgan fingerprint density at radius 3 is 2.47 bits per heavy atom. The molecule has 1 aromatic heterocycles. The highest BCUT2D eigenvalue weighted by Gasteiger charge is 2.32. The molecule has 1 aliphatic rings. The number of carbonyl (C=O) groups excluding carboxylic acids is 1. The Hall–Kier alpha value is -3.52. The smallest absolute Gasteiger partial charge is 0.407 e. The van der Waals surface area contributed by atoms with E-state index in [4.69, 9.17) is 0 Å². The minimum absolute atomic E-state index is 0.0317. The monoisotopic (exact) mass is 628 g/mol. The highest BCUT2D eigenvalue weighted by molar-refractivity contribution is 7.89. The first-order valence-electron chi connectivity index (χ1n) is 14.2. The van der Waals surface area contributed by atoms with Crippen LogP contribution in [0.1, 0.15) is 64.1 Å². The van der Waals surface area contributed by atoms with Crippen LogP contribution in [0, 0.1) is 0 Å². The number of urea groups is 1. The molecule has 13 heteroatoms. The molecule has 0 unspecified atom stereocenters. The van der Waals surface area contributed by atoms with Crippen molar-refractivity contribution in [2.24, 2.45) is 0 Å². The number of piperidine rings is 1. The van der Waals surface area contributed by atoms with Crippen LogP contribution in [0.3, 0.4) is 0 Å². The van der Waals surface area contributed by atoms with Gasteiger partial charge in [-0.05, 0) is 65.2 Å². The molecule has 43 heavy (non-hydrogen) atoms. The van der Waals surface area contributed by atoms with Gasteiger partial charge in [0.05, 0.1) is 15.8 Å². The quantitative estimate of drug-likeness (QED) is 0.213. The van der Waals surface area contributed by atoms with Crippen molar-refractivity contribution in [2.75, 3.05) is 11.9 Å². The molecule has 0 bridgehead atoms. The number of nitrogens with zero attached hydrogens (tertiary/aromatic N) is 2. The highest BCUT2D eigenvalue weighted by atomic mass is 32.2. The first-order valence-corrected chi connectivity index (χ1v) is 16.5. The first-order chi connectivity index (χ1) is 20.2. The van der Waals surface area contributed by atoms with E-state index in [9.17, 15) is 23.1 Å². The molecule has 3 amide bonds. The molecule has 1 fully saturated rings. The van der Waals surface area contributed by atoms with Crippen molar-refractivity contribution in [3.05, 3.63) is 65.3 Å². The molecule has 232 valence electrons. The van der Waals surface area contributed by atoms with Crippen LogP contribution in [0.5, 0.6) is 0 Å². The molecule has 0 radical (unpaired) electrons. The Labute approximate surface area is 257 Å². The van der Waals surface area contributed by atoms with Crippen molar-refractivity contribution in [3.8, 4) is 10.4 Å². The third-order valence-corrected chi connectivity index (χ3v) is 9.85. The molecular formula is C30H40N6O5S2. The molecule has 0 spiro atoms. The fourth-order valence-electron chi connectivity index (χ4n) is 5.10. The number of hydrogen-bond acceptors (Lipinski definition) is 7. The molecule has 0 aliphatic carbocycles. The molecule has 4 rings (SSSR count). The Kier molecular flexibility index (Phi) is 10.1. The number of hydrogen-bond donors (Lipinski definition) is 5. The van der Waals surface area contributed by atoms with Crippen LogP contribution < -0.4 is 20.7 Å². The summed E-state index contributed by atoms with van der Waals surface area (Å²) in [6, 6.07) is 13.5. The van der Waals surface area contributed by atoms with Gasteiger partial charge >= 0.3 is 12.1 Å². The molecule has 2 heterocycles. The van der Waals surface area contributed by atoms with E-state index < -0.39 is 27.7 Å². The van der Waals surface area contributed by atoms with Crippen LogP contribution in [-0.4, -0.2) is 59.7 Å². The van der Waals surface area contributed by atoms with Gasteiger partial charge in [-0.2, -0.15) is 0 Å². The van der Waals surface area contributed by atoms with E-state index >= 15 is 0 Å². The largest absolute Gasteiger partial charge is 0.465 e. The number of carbonyl (C=O) groups is 2. The second-order valence-electron chi connectivity index (χ2n) is 11.9. The average Bonchev–Trinajstić information content (AvgIpc) is 3.41. The fraction of sp³-hybridized carbons (Fsp3) is 0.433. The second kappa shape index (κ2) is 13.4. The van der Waals surface area contributed by atoms with E-state index in [0.29, 0.717) is 42.1 Å². The zero-order chi connectivity index (χ0) is 31.4. The van der Waals surface area contributed by atoms with Gasteiger partial charge in [0.15, 0.2) is 0 Å². The van der Waals surface area contributed by atoms with E-state index in [2.05, 4.69) is 25.7 Å². The van der Waals surface area contributed by atoms with Crippen LogP contribution in [0.2, 0.25) is 0 Å². The van der Waals surface area contributed by atoms with Gasteiger partial charge in [0.25, 0.3) is 0 Å². The third kappa shape index (κ3) is 8.53. The first kappa shape index (κ1) is 32.4. The van der Waals surface area contributed by atoms with Gasteiger partial charge in [-0.15, -0.1) is 11.3 Å². The molecule has 1 saturated heterocycles. The summed E-state index contributed by atoms with van der Waals surface area (Å²) in [5.74, 6) is 0.